The van der Waals surface area contributed by atoms with E-state index < -0.39 is 10.2 Å². The molecule has 1 saturated heterocycles. The van der Waals surface area contributed by atoms with E-state index in [9.17, 15) is 8.42 Å². The van der Waals surface area contributed by atoms with Gasteiger partial charge in [0.1, 0.15) is 0 Å². The number of nitrogens with zero attached hydrogens (tertiary/aromatic N) is 3. The molecule has 0 spiro atoms. The Morgan fingerprint density at radius 1 is 1.50 bits per heavy atom. The van der Waals surface area contributed by atoms with Crippen LogP contribution in [0.15, 0.2) is 18.3 Å². The predicted octanol–water partition coefficient (Wildman–Crippen LogP) is -0.258. The van der Waals surface area contributed by atoms with Crippen molar-refractivity contribution in [2.45, 2.75) is 19.4 Å². The molecule has 0 amide bonds. The van der Waals surface area contributed by atoms with Crippen molar-refractivity contribution in [2.75, 3.05) is 26.7 Å². The van der Waals surface area contributed by atoms with Crippen molar-refractivity contribution in [1.29, 1.82) is 0 Å². The van der Waals surface area contributed by atoms with Crippen molar-refractivity contribution in [1.82, 2.24) is 24.5 Å². The summed E-state index contributed by atoms with van der Waals surface area (Å²) in [6, 6.07) is 3.48. The average Bonchev–Trinajstić information content (AvgIpc) is 2.47. The fraction of sp³-hybridized carbons (Fsp3) is 0.667. The van der Waals surface area contributed by atoms with Gasteiger partial charge < -0.3 is 5.32 Å². The Morgan fingerprint density at radius 3 is 3.05 bits per heavy atom. The Morgan fingerprint density at radius 2 is 2.35 bits per heavy atom. The highest BCUT2D eigenvalue weighted by Crippen LogP contribution is 2.18. The van der Waals surface area contributed by atoms with Crippen LogP contribution in [0.5, 0.6) is 0 Å². The topological polar surface area (TPSA) is 87.2 Å². The maximum Gasteiger partial charge on any atom is 0.279 e. The largest absolute Gasteiger partial charge is 0.319 e. The summed E-state index contributed by atoms with van der Waals surface area (Å²) in [7, 11) is -1.56. The SMILES string of the molecule is CNCC1CCCN(S(=O)(=O)NCc2cccnn2)C1. The minimum Gasteiger partial charge on any atom is -0.319 e. The second-order valence-corrected chi connectivity index (χ2v) is 6.72. The molecular formula is C12H21N5O2S. The van der Waals surface area contributed by atoms with Gasteiger partial charge in [0.25, 0.3) is 10.2 Å². The van der Waals surface area contributed by atoms with Crippen molar-refractivity contribution in [2.24, 2.45) is 5.92 Å². The Kier molecular flexibility index (Phi) is 5.41. The summed E-state index contributed by atoms with van der Waals surface area (Å²) in [6.45, 7) is 2.16. The third kappa shape index (κ3) is 4.20. The number of rotatable bonds is 6. The van der Waals surface area contributed by atoms with Crippen molar-refractivity contribution in [3.8, 4) is 0 Å². The van der Waals surface area contributed by atoms with E-state index in [1.807, 2.05) is 7.05 Å². The molecule has 7 nitrogen and oxygen atoms in total. The molecule has 2 rings (SSSR count). The highest BCUT2D eigenvalue weighted by Gasteiger charge is 2.28. The van der Waals surface area contributed by atoms with Gasteiger partial charge >= 0.3 is 0 Å². The molecule has 1 aliphatic heterocycles. The number of hydrogen-bond acceptors (Lipinski definition) is 5. The maximum atomic E-state index is 12.3. The van der Waals surface area contributed by atoms with Crippen molar-refractivity contribution in [3.05, 3.63) is 24.0 Å². The lowest BCUT2D eigenvalue weighted by Gasteiger charge is -2.31. The van der Waals surface area contributed by atoms with Gasteiger partial charge in [-0.15, -0.1) is 0 Å². The van der Waals surface area contributed by atoms with Crippen LogP contribution in [-0.2, 0) is 16.8 Å². The van der Waals surface area contributed by atoms with Crippen molar-refractivity contribution in [3.63, 3.8) is 0 Å². The van der Waals surface area contributed by atoms with Gasteiger partial charge in [0.2, 0.25) is 0 Å². The van der Waals surface area contributed by atoms with E-state index in [2.05, 4.69) is 20.2 Å². The van der Waals surface area contributed by atoms with Gasteiger partial charge in [0.05, 0.1) is 12.2 Å². The van der Waals surface area contributed by atoms with E-state index in [1.54, 1.807) is 18.3 Å². The van der Waals surface area contributed by atoms with E-state index in [-0.39, 0.29) is 6.54 Å². The molecule has 2 N–H and O–H groups in total. The molecule has 0 aromatic carbocycles. The molecule has 0 saturated carbocycles. The first-order chi connectivity index (χ1) is 9.62. The smallest absolute Gasteiger partial charge is 0.279 e. The van der Waals surface area contributed by atoms with Crippen LogP contribution in [0.4, 0.5) is 0 Å². The van der Waals surface area contributed by atoms with Gasteiger partial charge in [-0.2, -0.15) is 27.6 Å². The first kappa shape index (κ1) is 15.3. The summed E-state index contributed by atoms with van der Waals surface area (Å²) >= 11 is 0. The molecule has 2 heterocycles. The molecule has 1 atom stereocenters. The fourth-order valence-corrected chi connectivity index (χ4v) is 3.67. The normalized spacial score (nSPS) is 20.9. The molecule has 1 aromatic heterocycles. The first-order valence-corrected chi connectivity index (χ1v) is 8.22. The second kappa shape index (κ2) is 7.07. The van der Waals surface area contributed by atoms with E-state index in [0.717, 1.165) is 19.4 Å². The lowest BCUT2D eigenvalue weighted by atomic mass is 10.00. The molecular weight excluding hydrogens is 278 g/mol. The summed E-state index contributed by atoms with van der Waals surface area (Å²) < 4.78 is 28.6. The van der Waals surface area contributed by atoms with Crippen molar-refractivity contribution < 1.29 is 8.42 Å². The molecule has 0 bridgehead atoms. The fourth-order valence-electron chi connectivity index (χ4n) is 2.38. The van der Waals surface area contributed by atoms with Gasteiger partial charge in [0.15, 0.2) is 0 Å². The third-order valence-electron chi connectivity index (χ3n) is 3.38. The molecule has 8 heteroatoms. The minimum atomic E-state index is -3.44. The monoisotopic (exact) mass is 299 g/mol. The number of aromatic nitrogens is 2. The highest BCUT2D eigenvalue weighted by atomic mass is 32.2. The Labute approximate surface area is 120 Å². The third-order valence-corrected chi connectivity index (χ3v) is 4.90. The summed E-state index contributed by atoms with van der Waals surface area (Å²) in [6.07, 6.45) is 3.53. The Balaban J connectivity index is 1.92. The maximum absolute atomic E-state index is 12.3. The number of piperidine rings is 1. The van der Waals surface area contributed by atoms with Gasteiger partial charge in [-0.1, -0.05) is 0 Å². The highest BCUT2D eigenvalue weighted by molar-refractivity contribution is 7.87. The van der Waals surface area contributed by atoms with Crippen LogP contribution in [0.1, 0.15) is 18.5 Å². The average molecular weight is 299 g/mol. The molecule has 112 valence electrons. The summed E-state index contributed by atoms with van der Waals surface area (Å²) in [5.74, 6) is 0.377. The van der Waals surface area contributed by atoms with Crippen LogP contribution in [-0.4, -0.2) is 49.6 Å². The summed E-state index contributed by atoms with van der Waals surface area (Å²) in [5, 5.41) is 10.7. The Bertz CT molecular complexity index is 506. The quantitative estimate of drug-likeness (QED) is 0.756. The Hall–Kier alpha value is -1.09. The minimum absolute atomic E-state index is 0.170. The molecule has 0 radical (unpaired) electrons. The van der Waals surface area contributed by atoms with Crippen LogP contribution >= 0.6 is 0 Å². The molecule has 1 aliphatic rings. The van der Waals surface area contributed by atoms with Gasteiger partial charge in [0, 0.05) is 19.3 Å². The molecule has 1 fully saturated rings. The lowest BCUT2D eigenvalue weighted by Crippen LogP contribution is -2.47. The second-order valence-electron chi connectivity index (χ2n) is 4.97. The standard InChI is InChI=1S/C12H21N5O2S/c1-13-8-11-4-3-7-17(10-11)20(18,19)15-9-12-5-2-6-14-16-12/h2,5-6,11,13,15H,3-4,7-10H2,1H3. The zero-order chi connectivity index (χ0) is 14.4. The number of hydrogen-bond donors (Lipinski definition) is 2. The van der Waals surface area contributed by atoms with Crippen LogP contribution in [0, 0.1) is 5.92 Å². The summed E-state index contributed by atoms with van der Waals surface area (Å²) in [4.78, 5) is 0. The van der Waals surface area contributed by atoms with Gasteiger partial charge in [-0.3, -0.25) is 0 Å². The van der Waals surface area contributed by atoms with E-state index in [1.165, 1.54) is 4.31 Å². The predicted molar refractivity (Wildman–Crippen MR) is 76.0 cm³/mol. The van der Waals surface area contributed by atoms with Crippen molar-refractivity contribution >= 4 is 10.2 Å². The van der Waals surface area contributed by atoms with Gasteiger partial charge in [-0.25, -0.2) is 0 Å². The summed E-state index contributed by atoms with van der Waals surface area (Å²) in [5.41, 5.74) is 0.611. The zero-order valence-corrected chi connectivity index (χ0v) is 12.4. The van der Waals surface area contributed by atoms with Crippen LogP contribution < -0.4 is 10.0 Å². The number of nitrogens with one attached hydrogen (secondary N) is 2. The molecule has 1 aromatic rings. The molecule has 0 aliphatic carbocycles. The zero-order valence-electron chi connectivity index (χ0n) is 11.6. The molecule has 20 heavy (non-hydrogen) atoms. The van der Waals surface area contributed by atoms with E-state index >= 15 is 0 Å². The lowest BCUT2D eigenvalue weighted by molar-refractivity contribution is 0.260. The van der Waals surface area contributed by atoms with Crippen LogP contribution in [0.2, 0.25) is 0 Å². The van der Waals surface area contributed by atoms with Crippen LogP contribution in [0.3, 0.4) is 0 Å². The van der Waals surface area contributed by atoms with Crippen LogP contribution in [0.25, 0.3) is 0 Å². The van der Waals surface area contributed by atoms with Gasteiger partial charge in [-0.05, 0) is 44.5 Å². The first-order valence-electron chi connectivity index (χ1n) is 6.78. The van der Waals surface area contributed by atoms with E-state index in [0.29, 0.717) is 24.7 Å². The van der Waals surface area contributed by atoms with E-state index in [4.69, 9.17) is 0 Å². The molecule has 1 unspecified atom stereocenters.